The summed E-state index contributed by atoms with van der Waals surface area (Å²) >= 11 is 0. The summed E-state index contributed by atoms with van der Waals surface area (Å²) in [4.78, 5) is 7.06. The molecule has 3 rings (SSSR count). The van der Waals surface area contributed by atoms with Crippen molar-refractivity contribution in [2.75, 3.05) is 13.1 Å². The van der Waals surface area contributed by atoms with Gasteiger partial charge in [0.25, 0.3) is 0 Å². The Morgan fingerprint density at radius 1 is 1.19 bits per heavy atom. The Bertz CT molecular complexity index is 445. The summed E-state index contributed by atoms with van der Waals surface area (Å²) < 4.78 is 2.15. The molecule has 0 spiro atoms. The van der Waals surface area contributed by atoms with E-state index in [9.17, 15) is 5.11 Å². The normalized spacial score (nSPS) is 24.3. The van der Waals surface area contributed by atoms with Gasteiger partial charge in [-0.3, -0.25) is 4.90 Å². The molecular formula is C17H29N3O. The predicted octanol–water partition coefficient (Wildman–Crippen LogP) is 2.61. The molecule has 2 heterocycles. The second-order valence-corrected chi connectivity index (χ2v) is 6.71. The molecule has 1 aromatic heterocycles. The zero-order valence-electron chi connectivity index (χ0n) is 13.3. The number of imidazole rings is 1. The van der Waals surface area contributed by atoms with E-state index in [0.29, 0.717) is 6.42 Å². The van der Waals surface area contributed by atoms with Crippen LogP contribution >= 0.6 is 0 Å². The molecule has 1 atom stereocenters. The maximum atomic E-state index is 11.0. The van der Waals surface area contributed by atoms with Crippen LogP contribution in [0.4, 0.5) is 0 Å². The highest BCUT2D eigenvalue weighted by Gasteiger charge is 2.45. The molecule has 1 unspecified atom stereocenters. The highest BCUT2D eigenvalue weighted by atomic mass is 16.3. The van der Waals surface area contributed by atoms with Crippen LogP contribution in [0.25, 0.3) is 0 Å². The van der Waals surface area contributed by atoms with Gasteiger partial charge in [0.05, 0.1) is 6.10 Å². The molecule has 0 aromatic carbocycles. The van der Waals surface area contributed by atoms with Crippen molar-refractivity contribution in [3.8, 4) is 0 Å². The van der Waals surface area contributed by atoms with E-state index in [0.717, 1.165) is 25.2 Å². The fourth-order valence-electron chi connectivity index (χ4n) is 4.37. The highest BCUT2D eigenvalue weighted by Crippen LogP contribution is 2.40. The van der Waals surface area contributed by atoms with Gasteiger partial charge in [-0.15, -0.1) is 0 Å². The minimum Gasteiger partial charge on any atom is -0.391 e. The van der Waals surface area contributed by atoms with E-state index in [-0.39, 0.29) is 11.6 Å². The van der Waals surface area contributed by atoms with E-state index < -0.39 is 0 Å². The Labute approximate surface area is 128 Å². The van der Waals surface area contributed by atoms with E-state index in [2.05, 4.69) is 21.4 Å². The van der Waals surface area contributed by atoms with Gasteiger partial charge >= 0.3 is 0 Å². The third kappa shape index (κ3) is 2.88. The molecule has 118 valence electrons. The van der Waals surface area contributed by atoms with Crippen LogP contribution in [0, 0.1) is 0 Å². The van der Waals surface area contributed by atoms with Crippen LogP contribution in [0.15, 0.2) is 12.4 Å². The summed E-state index contributed by atoms with van der Waals surface area (Å²) in [7, 11) is 0. The van der Waals surface area contributed by atoms with E-state index in [1.807, 2.05) is 12.4 Å². The van der Waals surface area contributed by atoms with Crippen molar-refractivity contribution in [3.63, 3.8) is 0 Å². The number of nitrogens with zero attached hydrogens (tertiary/aromatic N) is 3. The molecule has 21 heavy (non-hydrogen) atoms. The van der Waals surface area contributed by atoms with Crippen molar-refractivity contribution in [1.82, 2.24) is 14.5 Å². The smallest absolute Gasteiger partial charge is 0.111 e. The molecule has 4 heteroatoms. The Balaban J connectivity index is 1.76. The van der Waals surface area contributed by atoms with Gasteiger partial charge in [-0.1, -0.05) is 19.3 Å². The predicted molar refractivity (Wildman–Crippen MR) is 84.2 cm³/mol. The third-order valence-electron chi connectivity index (χ3n) is 5.59. The lowest BCUT2D eigenvalue weighted by Crippen LogP contribution is -2.57. The number of likely N-dealkylation sites (tertiary alicyclic amines) is 1. The first kappa shape index (κ1) is 15.0. The maximum Gasteiger partial charge on any atom is 0.111 e. The van der Waals surface area contributed by atoms with Crippen LogP contribution in [0.5, 0.6) is 0 Å². The molecule has 1 aliphatic carbocycles. The largest absolute Gasteiger partial charge is 0.391 e. The molecule has 4 nitrogen and oxygen atoms in total. The summed E-state index contributed by atoms with van der Waals surface area (Å²) in [6, 6.07) is 0. The van der Waals surface area contributed by atoms with E-state index in [1.165, 1.54) is 45.2 Å². The van der Waals surface area contributed by atoms with Crippen LogP contribution in [0.2, 0.25) is 0 Å². The molecule has 1 aromatic rings. The molecule has 0 radical (unpaired) electrons. The first-order chi connectivity index (χ1) is 10.3. The number of aliphatic hydroxyl groups is 1. The highest BCUT2D eigenvalue weighted by molar-refractivity contribution is 5.05. The third-order valence-corrected chi connectivity index (χ3v) is 5.59. The lowest BCUT2D eigenvalue weighted by Gasteiger charge is -2.46. The zero-order chi connectivity index (χ0) is 14.7. The molecule has 1 aliphatic heterocycles. The van der Waals surface area contributed by atoms with Gasteiger partial charge < -0.3 is 9.67 Å². The van der Waals surface area contributed by atoms with Crippen molar-refractivity contribution >= 4 is 0 Å². The summed E-state index contributed by atoms with van der Waals surface area (Å²) in [5, 5.41) is 11.0. The van der Waals surface area contributed by atoms with Crippen LogP contribution < -0.4 is 0 Å². The minimum atomic E-state index is -0.286. The SMILES string of the molecule is CCn1ccnc1CC(O)C1(N2CCCCC2)CCCC1. The number of hydrogen-bond donors (Lipinski definition) is 1. The number of piperidine rings is 1. The van der Waals surface area contributed by atoms with Crippen LogP contribution in [-0.2, 0) is 13.0 Å². The quantitative estimate of drug-likeness (QED) is 0.906. The fourth-order valence-corrected chi connectivity index (χ4v) is 4.37. The van der Waals surface area contributed by atoms with Gasteiger partial charge in [0.2, 0.25) is 0 Å². The average Bonchev–Trinajstić information content (AvgIpc) is 3.17. The first-order valence-electron chi connectivity index (χ1n) is 8.69. The van der Waals surface area contributed by atoms with Gasteiger partial charge in [-0.05, 0) is 45.7 Å². The summed E-state index contributed by atoms with van der Waals surface area (Å²) in [5.74, 6) is 1.04. The van der Waals surface area contributed by atoms with Gasteiger partial charge in [-0.2, -0.15) is 0 Å². The van der Waals surface area contributed by atoms with Crippen LogP contribution in [0.3, 0.4) is 0 Å². The standard InChI is InChI=1S/C17H29N3O/c1-2-19-13-10-18-16(19)14-15(21)17(8-4-5-9-17)20-11-6-3-7-12-20/h10,13,15,21H,2-9,11-12,14H2,1H3. The van der Waals surface area contributed by atoms with Gasteiger partial charge in [-0.25, -0.2) is 4.98 Å². The molecule has 1 saturated carbocycles. The Kier molecular flexibility index (Phi) is 4.65. The number of aliphatic hydroxyl groups excluding tert-OH is 1. The molecular weight excluding hydrogens is 262 g/mol. The topological polar surface area (TPSA) is 41.3 Å². The van der Waals surface area contributed by atoms with Crippen LogP contribution in [0.1, 0.15) is 57.7 Å². The lowest BCUT2D eigenvalue weighted by molar-refractivity contribution is -0.0391. The number of rotatable bonds is 5. The van der Waals surface area contributed by atoms with Crippen molar-refractivity contribution in [1.29, 1.82) is 0 Å². The average molecular weight is 291 g/mol. The summed E-state index contributed by atoms with van der Waals surface area (Å²) in [6.07, 6.45) is 13.0. The van der Waals surface area contributed by atoms with Gasteiger partial charge in [0, 0.05) is 30.9 Å². The zero-order valence-corrected chi connectivity index (χ0v) is 13.3. The van der Waals surface area contributed by atoms with Crippen molar-refractivity contribution < 1.29 is 5.11 Å². The lowest BCUT2D eigenvalue weighted by atomic mass is 9.84. The molecule has 1 N–H and O–H groups in total. The van der Waals surface area contributed by atoms with E-state index in [1.54, 1.807) is 0 Å². The first-order valence-corrected chi connectivity index (χ1v) is 8.69. The van der Waals surface area contributed by atoms with Gasteiger partial charge in [0.1, 0.15) is 5.82 Å². The summed E-state index contributed by atoms with van der Waals surface area (Å²) in [5.41, 5.74) is 0.0188. The molecule has 2 aliphatic rings. The molecule has 0 bridgehead atoms. The van der Waals surface area contributed by atoms with Crippen molar-refractivity contribution in [2.45, 2.75) is 76.5 Å². The molecule has 2 fully saturated rings. The van der Waals surface area contributed by atoms with Crippen molar-refractivity contribution in [2.24, 2.45) is 0 Å². The number of aryl methyl sites for hydroxylation is 1. The van der Waals surface area contributed by atoms with Gasteiger partial charge in [0.15, 0.2) is 0 Å². The van der Waals surface area contributed by atoms with Crippen LogP contribution in [-0.4, -0.2) is 44.3 Å². The molecule has 1 saturated heterocycles. The Morgan fingerprint density at radius 3 is 2.57 bits per heavy atom. The van der Waals surface area contributed by atoms with E-state index in [4.69, 9.17) is 0 Å². The maximum absolute atomic E-state index is 11.0. The minimum absolute atomic E-state index is 0.0188. The monoisotopic (exact) mass is 291 g/mol. The van der Waals surface area contributed by atoms with E-state index >= 15 is 0 Å². The van der Waals surface area contributed by atoms with Crippen molar-refractivity contribution in [3.05, 3.63) is 18.2 Å². The fraction of sp³-hybridized carbons (Fsp3) is 0.824. The number of hydrogen-bond acceptors (Lipinski definition) is 3. The second kappa shape index (κ2) is 6.49. The summed E-state index contributed by atoms with van der Waals surface area (Å²) in [6.45, 7) is 5.39. The Hall–Kier alpha value is -0.870. The number of aromatic nitrogens is 2. The Morgan fingerprint density at radius 2 is 1.90 bits per heavy atom. The second-order valence-electron chi connectivity index (χ2n) is 6.71. The molecule has 0 amide bonds.